The number of pyridine rings is 1. The molecule has 1 aliphatic rings. The summed E-state index contributed by atoms with van der Waals surface area (Å²) in [6, 6.07) is 5.98. The van der Waals surface area contributed by atoms with Crippen molar-refractivity contribution in [2.75, 3.05) is 6.54 Å². The fourth-order valence-electron chi connectivity index (χ4n) is 3.02. The van der Waals surface area contributed by atoms with E-state index in [2.05, 4.69) is 4.98 Å². The van der Waals surface area contributed by atoms with E-state index in [0.29, 0.717) is 16.3 Å². The van der Waals surface area contributed by atoms with E-state index in [1.807, 2.05) is 0 Å². The number of carbonyl (C=O) groups excluding carboxylic acids is 1. The Bertz CT molecular complexity index is 880. The second kappa shape index (κ2) is 7.23. The zero-order chi connectivity index (χ0) is 19.8. The number of hydrogen-bond acceptors (Lipinski definition) is 5. The molecule has 2 unspecified atom stereocenters. The molecule has 0 aliphatic carbocycles. The highest BCUT2D eigenvalue weighted by Gasteiger charge is 2.42. The van der Waals surface area contributed by atoms with Gasteiger partial charge in [0, 0.05) is 23.0 Å². The van der Waals surface area contributed by atoms with Gasteiger partial charge in [-0.15, -0.1) is 0 Å². The minimum Gasteiger partial charge on any atom is -0.488 e. The van der Waals surface area contributed by atoms with Crippen LogP contribution in [0.5, 0.6) is 5.75 Å². The van der Waals surface area contributed by atoms with Gasteiger partial charge in [0.05, 0.1) is 12.1 Å². The minimum absolute atomic E-state index is 0.128. The van der Waals surface area contributed by atoms with Crippen LogP contribution in [0.25, 0.3) is 10.9 Å². The highest BCUT2D eigenvalue weighted by atomic mass is 35.5. The number of carboxylic acid groups (broad SMARTS) is 1. The minimum atomic E-state index is -1.08. The van der Waals surface area contributed by atoms with Gasteiger partial charge < -0.3 is 14.6 Å². The fraction of sp³-hybridized carbons (Fsp3) is 0.421. The van der Waals surface area contributed by atoms with Gasteiger partial charge >= 0.3 is 12.1 Å². The Labute approximate surface area is 161 Å². The molecule has 1 aliphatic heterocycles. The van der Waals surface area contributed by atoms with Gasteiger partial charge in [-0.25, -0.2) is 9.59 Å². The van der Waals surface area contributed by atoms with Gasteiger partial charge in [0.2, 0.25) is 0 Å². The Morgan fingerprint density at radius 2 is 2.04 bits per heavy atom. The van der Waals surface area contributed by atoms with Crippen LogP contribution in [0.3, 0.4) is 0 Å². The first kappa shape index (κ1) is 19.2. The maximum absolute atomic E-state index is 12.4. The number of ether oxygens (including phenoxy) is 2. The Morgan fingerprint density at radius 3 is 2.70 bits per heavy atom. The molecule has 0 spiro atoms. The number of carboxylic acids is 1. The van der Waals surface area contributed by atoms with E-state index in [1.54, 1.807) is 51.2 Å². The van der Waals surface area contributed by atoms with E-state index in [9.17, 15) is 14.7 Å². The average Bonchev–Trinajstić information content (AvgIpc) is 2.97. The van der Waals surface area contributed by atoms with Crippen LogP contribution in [-0.2, 0) is 9.53 Å². The van der Waals surface area contributed by atoms with Gasteiger partial charge in [0.15, 0.2) is 0 Å². The first-order valence-electron chi connectivity index (χ1n) is 8.57. The summed E-state index contributed by atoms with van der Waals surface area (Å²) in [6.07, 6.45) is 0.641. The normalized spacial score (nSPS) is 19.9. The lowest BCUT2D eigenvalue weighted by Gasteiger charge is -2.26. The molecule has 1 aromatic carbocycles. The van der Waals surface area contributed by atoms with Crippen LogP contribution in [0.1, 0.15) is 27.2 Å². The molecule has 8 heteroatoms. The number of halogens is 1. The van der Waals surface area contributed by atoms with Gasteiger partial charge in [-0.3, -0.25) is 9.88 Å². The summed E-state index contributed by atoms with van der Waals surface area (Å²) in [5.74, 6) is -0.518. The second-order valence-corrected chi connectivity index (χ2v) is 7.87. The molecule has 7 nitrogen and oxygen atoms in total. The number of aliphatic carboxylic acids is 1. The van der Waals surface area contributed by atoms with Crippen LogP contribution in [0.4, 0.5) is 4.79 Å². The lowest BCUT2D eigenvalue weighted by atomic mass is 10.2. The fourth-order valence-corrected chi connectivity index (χ4v) is 3.18. The van der Waals surface area contributed by atoms with Crippen molar-refractivity contribution in [3.05, 3.63) is 35.5 Å². The first-order chi connectivity index (χ1) is 12.6. The number of hydrogen-bond donors (Lipinski definition) is 1. The summed E-state index contributed by atoms with van der Waals surface area (Å²) in [4.78, 5) is 29.5. The van der Waals surface area contributed by atoms with Crippen LogP contribution in [0.15, 0.2) is 30.5 Å². The summed E-state index contributed by atoms with van der Waals surface area (Å²) >= 11 is 6.00. The SMILES string of the molecule is CC(C)(C)OC(=O)N1CC(Oc2ccnc3cc(Cl)ccc23)CC1C(=O)O. The number of carbonyl (C=O) groups is 2. The third-order valence-corrected chi connectivity index (χ3v) is 4.37. The predicted molar refractivity (Wildman–Crippen MR) is 100 cm³/mol. The summed E-state index contributed by atoms with van der Waals surface area (Å²) in [5, 5.41) is 10.8. The molecule has 0 saturated carbocycles. The Hall–Kier alpha value is -2.54. The molecule has 2 atom stereocenters. The Kier molecular flexibility index (Phi) is 5.15. The zero-order valence-corrected chi connectivity index (χ0v) is 16.1. The summed E-state index contributed by atoms with van der Waals surface area (Å²) in [5.41, 5.74) is -0.0311. The maximum Gasteiger partial charge on any atom is 0.411 e. The molecular formula is C19H21ClN2O5. The molecule has 1 aromatic heterocycles. The average molecular weight is 393 g/mol. The third kappa shape index (κ3) is 4.42. The number of benzene rings is 1. The number of aromatic nitrogens is 1. The van der Waals surface area contributed by atoms with Gasteiger partial charge in [0.25, 0.3) is 0 Å². The van der Waals surface area contributed by atoms with Crippen molar-refractivity contribution >= 4 is 34.6 Å². The van der Waals surface area contributed by atoms with E-state index < -0.39 is 29.8 Å². The van der Waals surface area contributed by atoms with Crippen molar-refractivity contribution in [3.8, 4) is 5.75 Å². The van der Waals surface area contributed by atoms with Gasteiger partial charge in [-0.05, 0) is 45.0 Å². The smallest absolute Gasteiger partial charge is 0.411 e. The molecule has 2 aromatic rings. The molecular weight excluding hydrogens is 372 g/mol. The zero-order valence-electron chi connectivity index (χ0n) is 15.3. The monoisotopic (exact) mass is 392 g/mol. The van der Waals surface area contributed by atoms with Crippen LogP contribution in [0.2, 0.25) is 5.02 Å². The third-order valence-electron chi connectivity index (χ3n) is 4.13. The number of fused-ring (bicyclic) bond motifs is 1. The van der Waals surface area contributed by atoms with E-state index in [4.69, 9.17) is 21.1 Å². The van der Waals surface area contributed by atoms with Crippen molar-refractivity contribution in [2.24, 2.45) is 0 Å². The lowest BCUT2D eigenvalue weighted by molar-refractivity contribution is -0.142. The Balaban J connectivity index is 1.81. The number of nitrogens with zero attached hydrogens (tertiary/aromatic N) is 2. The number of rotatable bonds is 3. The van der Waals surface area contributed by atoms with Crippen molar-refractivity contribution in [1.82, 2.24) is 9.88 Å². The topological polar surface area (TPSA) is 89.0 Å². The molecule has 2 heterocycles. The van der Waals surface area contributed by atoms with Gasteiger partial charge in [0.1, 0.15) is 23.5 Å². The summed E-state index contributed by atoms with van der Waals surface area (Å²) in [6.45, 7) is 5.33. The predicted octanol–water partition coefficient (Wildman–Crippen LogP) is 3.73. The van der Waals surface area contributed by atoms with Crippen molar-refractivity contribution in [1.29, 1.82) is 0 Å². The number of likely N-dealkylation sites (tertiary alicyclic amines) is 1. The van der Waals surface area contributed by atoms with Crippen LogP contribution in [-0.4, -0.2) is 51.3 Å². The molecule has 3 rings (SSSR count). The first-order valence-corrected chi connectivity index (χ1v) is 8.95. The molecule has 1 amide bonds. The molecule has 144 valence electrons. The quantitative estimate of drug-likeness (QED) is 0.856. The molecule has 27 heavy (non-hydrogen) atoms. The molecule has 1 N–H and O–H groups in total. The summed E-state index contributed by atoms with van der Waals surface area (Å²) < 4.78 is 11.4. The van der Waals surface area contributed by atoms with Crippen molar-refractivity contribution in [3.63, 3.8) is 0 Å². The molecule has 0 bridgehead atoms. The van der Waals surface area contributed by atoms with Crippen molar-refractivity contribution in [2.45, 2.75) is 44.9 Å². The van der Waals surface area contributed by atoms with E-state index in [-0.39, 0.29) is 13.0 Å². The van der Waals surface area contributed by atoms with E-state index in [0.717, 1.165) is 5.39 Å². The molecule has 1 saturated heterocycles. The number of amides is 1. The summed E-state index contributed by atoms with van der Waals surface area (Å²) in [7, 11) is 0. The standard InChI is InChI=1S/C19H21ClN2O5/c1-19(2,3)27-18(25)22-10-12(9-15(22)17(23)24)26-16-6-7-21-14-8-11(20)4-5-13(14)16/h4-8,12,15H,9-10H2,1-3H3,(H,23,24). The molecule has 1 fully saturated rings. The second-order valence-electron chi connectivity index (χ2n) is 7.43. The van der Waals surface area contributed by atoms with E-state index >= 15 is 0 Å². The lowest BCUT2D eigenvalue weighted by Crippen LogP contribution is -2.43. The van der Waals surface area contributed by atoms with Crippen LogP contribution < -0.4 is 4.74 Å². The van der Waals surface area contributed by atoms with Gasteiger partial charge in [-0.2, -0.15) is 0 Å². The van der Waals surface area contributed by atoms with Crippen LogP contribution >= 0.6 is 11.6 Å². The van der Waals surface area contributed by atoms with E-state index in [1.165, 1.54) is 4.90 Å². The highest BCUT2D eigenvalue weighted by Crippen LogP contribution is 2.30. The van der Waals surface area contributed by atoms with Gasteiger partial charge in [-0.1, -0.05) is 11.6 Å². The molecule has 0 radical (unpaired) electrons. The van der Waals surface area contributed by atoms with Crippen LogP contribution in [0, 0.1) is 0 Å². The Morgan fingerprint density at radius 1 is 1.30 bits per heavy atom. The highest BCUT2D eigenvalue weighted by molar-refractivity contribution is 6.31. The van der Waals surface area contributed by atoms with Crippen molar-refractivity contribution < 1.29 is 24.2 Å². The largest absolute Gasteiger partial charge is 0.488 e. The maximum atomic E-state index is 12.4.